The molecular formula is C19H28N4O2. The minimum absolute atomic E-state index is 0.0714. The number of carbonyl (C=O) groups excluding carboxylic acids is 1. The maximum absolute atomic E-state index is 12.4. The first kappa shape index (κ1) is 19.1. The number of aromatic amines is 1. The molecule has 3 N–H and O–H groups in total. The number of hydrogen-bond acceptors (Lipinski definition) is 4. The molecule has 2 aromatic rings. The fourth-order valence-corrected chi connectivity index (χ4v) is 2.97. The zero-order chi connectivity index (χ0) is 18.2. The third-order valence-electron chi connectivity index (χ3n) is 4.47. The Hall–Kier alpha value is -2.21. The van der Waals surface area contributed by atoms with Gasteiger partial charge in [0.25, 0.3) is 5.56 Å². The Morgan fingerprint density at radius 2 is 1.96 bits per heavy atom. The third kappa shape index (κ3) is 4.89. The van der Waals surface area contributed by atoms with Crippen LogP contribution in [0.4, 0.5) is 0 Å². The summed E-state index contributed by atoms with van der Waals surface area (Å²) in [6, 6.07) is 6.98. The minimum atomic E-state index is -0.265. The first-order valence-corrected chi connectivity index (χ1v) is 9.07. The van der Waals surface area contributed by atoms with Crippen LogP contribution in [0.25, 0.3) is 10.9 Å². The SMILES string of the molecule is CCC(=O)N(CCCCCCN)[C@@H](C)c1nc2ccccc2c(=O)[nH]1. The summed E-state index contributed by atoms with van der Waals surface area (Å²) in [5.74, 6) is 0.606. The van der Waals surface area contributed by atoms with Gasteiger partial charge in [0.1, 0.15) is 5.82 Å². The van der Waals surface area contributed by atoms with Crippen LogP contribution in [-0.4, -0.2) is 33.9 Å². The van der Waals surface area contributed by atoms with Gasteiger partial charge in [0, 0.05) is 13.0 Å². The van der Waals surface area contributed by atoms with E-state index < -0.39 is 0 Å². The van der Waals surface area contributed by atoms with Gasteiger partial charge in [-0.2, -0.15) is 0 Å². The minimum Gasteiger partial charge on any atom is -0.333 e. The second-order valence-electron chi connectivity index (χ2n) is 6.29. The van der Waals surface area contributed by atoms with Crippen molar-refractivity contribution < 1.29 is 4.79 Å². The van der Waals surface area contributed by atoms with E-state index in [0.717, 1.165) is 25.7 Å². The van der Waals surface area contributed by atoms with Crippen molar-refractivity contribution in [2.45, 2.75) is 52.0 Å². The van der Waals surface area contributed by atoms with Gasteiger partial charge in [-0.05, 0) is 38.4 Å². The van der Waals surface area contributed by atoms with Crippen molar-refractivity contribution in [3.8, 4) is 0 Å². The van der Waals surface area contributed by atoms with Crippen LogP contribution < -0.4 is 11.3 Å². The quantitative estimate of drug-likeness (QED) is 0.684. The molecule has 0 fully saturated rings. The first-order valence-electron chi connectivity index (χ1n) is 9.07. The van der Waals surface area contributed by atoms with Crippen molar-refractivity contribution in [3.05, 3.63) is 40.4 Å². The van der Waals surface area contributed by atoms with Crippen LogP contribution >= 0.6 is 0 Å². The van der Waals surface area contributed by atoms with E-state index in [1.807, 2.05) is 36.9 Å². The second kappa shape index (κ2) is 9.32. The molecule has 0 aliphatic carbocycles. The highest BCUT2D eigenvalue weighted by Crippen LogP contribution is 2.19. The van der Waals surface area contributed by atoms with E-state index in [2.05, 4.69) is 9.97 Å². The molecule has 25 heavy (non-hydrogen) atoms. The van der Waals surface area contributed by atoms with Gasteiger partial charge in [0.05, 0.1) is 16.9 Å². The second-order valence-corrected chi connectivity index (χ2v) is 6.29. The molecule has 1 aromatic heterocycles. The molecule has 0 aliphatic heterocycles. The van der Waals surface area contributed by atoms with Crippen molar-refractivity contribution in [2.75, 3.05) is 13.1 Å². The topological polar surface area (TPSA) is 92.1 Å². The molecule has 0 saturated heterocycles. The molecule has 0 unspecified atom stereocenters. The zero-order valence-corrected chi connectivity index (χ0v) is 15.1. The average molecular weight is 344 g/mol. The third-order valence-corrected chi connectivity index (χ3v) is 4.47. The van der Waals surface area contributed by atoms with E-state index in [1.54, 1.807) is 6.07 Å². The van der Waals surface area contributed by atoms with E-state index in [0.29, 0.717) is 36.2 Å². The number of nitrogens with one attached hydrogen (secondary N) is 1. The lowest BCUT2D eigenvalue weighted by molar-refractivity contribution is -0.133. The Morgan fingerprint density at radius 3 is 2.68 bits per heavy atom. The largest absolute Gasteiger partial charge is 0.333 e. The number of amides is 1. The highest BCUT2D eigenvalue weighted by Gasteiger charge is 2.22. The molecule has 1 atom stereocenters. The molecule has 0 radical (unpaired) electrons. The Morgan fingerprint density at radius 1 is 1.24 bits per heavy atom. The summed E-state index contributed by atoms with van der Waals surface area (Å²) >= 11 is 0. The van der Waals surface area contributed by atoms with Gasteiger partial charge >= 0.3 is 0 Å². The van der Waals surface area contributed by atoms with Crippen molar-refractivity contribution >= 4 is 16.8 Å². The number of nitrogens with zero attached hydrogens (tertiary/aromatic N) is 2. The van der Waals surface area contributed by atoms with Crippen LogP contribution in [0.5, 0.6) is 0 Å². The summed E-state index contributed by atoms with van der Waals surface area (Å²) in [6.45, 7) is 5.14. The number of H-pyrrole nitrogens is 1. The van der Waals surface area contributed by atoms with Crippen LogP contribution in [-0.2, 0) is 4.79 Å². The maximum atomic E-state index is 12.4. The number of aromatic nitrogens is 2. The van der Waals surface area contributed by atoms with Crippen molar-refractivity contribution in [1.29, 1.82) is 0 Å². The fraction of sp³-hybridized carbons (Fsp3) is 0.526. The van der Waals surface area contributed by atoms with E-state index in [-0.39, 0.29) is 17.5 Å². The number of carbonyl (C=O) groups is 1. The van der Waals surface area contributed by atoms with E-state index in [9.17, 15) is 9.59 Å². The molecule has 2 rings (SSSR count). The van der Waals surface area contributed by atoms with Crippen LogP contribution in [0.1, 0.15) is 57.8 Å². The molecule has 0 saturated carbocycles. The standard InChI is InChI=1S/C19H28N4O2/c1-3-17(24)23(13-9-5-4-8-12-20)14(2)18-21-16-11-7-6-10-15(16)19(25)22-18/h6-7,10-11,14H,3-5,8-9,12-13,20H2,1-2H3,(H,21,22,25)/t14-/m0/s1. The molecular weight excluding hydrogens is 316 g/mol. The van der Waals surface area contributed by atoms with Gasteiger partial charge in [-0.1, -0.05) is 31.9 Å². The molecule has 136 valence electrons. The average Bonchev–Trinajstić information content (AvgIpc) is 2.63. The van der Waals surface area contributed by atoms with Gasteiger partial charge in [0.2, 0.25) is 5.91 Å². The van der Waals surface area contributed by atoms with E-state index in [1.165, 1.54) is 0 Å². The van der Waals surface area contributed by atoms with Gasteiger partial charge in [-0.25, -0.2) is 4.98 Å². The van der Waals surface area contributed by atoms with Crippen LogP contribution in [0, 0.1) is 0 Å². The van der Waals surface area contributed by atoms with Crippen molar-refractivity contribution in [1.82, 2.24) is 14.9 Å². The van der Waals surface area contributed by atoms with Gasteiger partial charge in [0.15, 0.2) is 0 Å². The Labute approximate surface area is 148 Å². The molecule has 0 bridgehead atoms. The van der Waals surface area contributed by atoms with Gasteiger partial charge in [-0.15, -0.1) is 0 Å². The Balaban J connectivity index is 2.19. The molecule has 1 amide bonds. The predicted molar refractivity (Wildman–Crippen MR) is 100 cm³/mol. The number of para-hydroxylation sites is 1. The van der Waals surface area contributed by atoms with Crippen LogP contribution in [0.2, 0.25) is 0 Å². The maximum Gasteiger partial charge on any atom is 0.258 e. The Kier molecular flexibility index (Phi) is 7.13. The summed E-state index contributed by atoms with van der Waals surface area (Å²) in [5.41, 5.74) is 6.00. The fourth-order valence-electron chi connectivity index (χ4n) is 2.97. The van der Waals surface area contributed by atoms with Gasteiger partial charge < -0.3 is 15.6 Å². The van der Waals surface area contributed by atoms with Gasteiger partial charge in [-0.3, -0.25) is 9.59 Å². The molecule has 1 aromatic carbocycles. The lowest BCUT2D eigenvalue weighted by atomic mass is 10.1. The summed E-state index contributed by atoms with van der Waals surface area (Å²) in [5, 5.41) is 0.564. The Bertz CT molecular complexity index is 756. The zero-order valence-electron chi connectivity index (χ0n) is 15.1. The molecule has 0 spiro atoms. The summed E-state index contributed by atoms with van der Waals surface area (Å²) in [6.07, 6.45) is 4.48. The lowest BCUT2D eigenvalue weighted by Gasteiger charge is -2.28. The lowest BCUT2D eigenvalue weighted by Crippen LogP contribution is -2.35. The number of nitrogens with two attached hydrogens (primary N) is 1. The molecule has 1 heterocycles. The number of hydrogen-bond donors (Lipinski definition) is 2. The monoisotopic (exact) mass is 344 g/mol. The molecule has 6 heteroatoms. The van der Waals surface area contributed by atoms with Crippen molar-refractivity contribution in [3.63, 3.8) is 0 Å². The highest BCUT2D eigenvalue weighted by molar-refractivity contribution is 5.78. The predicted octanol–water partition coefficient (Wildman–Crippen LogP) is 2.74. The summed E-state index contributed by atoms with van der Waals surface area (Å²) < 4.78 is 0. The molecule has 0 aliphatic rings. The number of rotatable bonds is 9. The number of unbranched alkanes of at least 4 members (excludes halogenated alkanes) is 3. The number of fused-ring (bicyclic) bond motifs is 1. The van der Waals surface area contributed by atoms with E-state index in [4.69, 9.17) is 5.73 Å². The normalized spacial score (nSPS) is 12.3. The summed E-state index contributed by atoms with van der Waals surface area (Å²) in [7, 11) is 0. The highest BCUT2D eigenvalue weighted by atomic mass is 16.2. The summed E-state index contributed by atoms with van der Waals surface area (Å²) in [4.78, 5) is 33.9. The number of benzene rings is 1. The first-order chi connectivity index (χ1) is 12.1. The molecule has 6 nitrogen and oxygen atoms in total. The van der Waals surface area contributed by atoms with Crippen LogP contribution in [0.15, 0.2) is 29.1 Å². The smallest absolute Gasteiger partial charge is 0.258 e. The van der Waals surface area contributed by atoms with Crippen LogP contribution in [0.3, 0.4) is 0 Å². The van der Waals surface area contributed by atoms with Crippen molar-refractivity contribution in [2.24, 2.45) is 5.73 Å². The van der Waals surface area contributed by atoms with E-state index >= 15 is 0 Å².